The normalized spacial score (nSPS) is 20.6. The van der Waals surface area contributed by atoms with Gasteiger partial charge in [-0.2, -0.15) is 0 Å². The van der Waals surface area contributed by atoms with Crippen LogP contribution in [0.15, 0.2) is 42.5 Å². The second kappa shape index (κ2) is 10.3. The van der Waals surface area contributed by atoms with E-state index in [0.717, 1.165) is 18.4 Å². The lowest BCUT2D eigenvalue weighted by Crippen LogP contribution is -2.43. The summed E-state index contributed by atoms with van der Waals surface area (Å²) in [6.07, 6.45) is 3.43. The number of nitrogens with one attached hydrogen (secondary N) is 2. The molecule has 0 spiro atoms. The zero-order valence-electron chi connectivity index (χ0n) is 18.7. The topological polar surface area (TPSA) is 76.7 Å². The lowest BCUT2D eigenvalue weighted by atomic mass is 9.78. The molecule has 1 aliphatic carbocycles. The number of carbonyl (C=O) groups is 2. The zero-order chi connectivity index (χ0) is 22.4. The summed E-state index contributed by atoms with van der Waals surface area (Å²) < 4.78 is 10.4. The molecule has 0 aromatic heterocycles. The lowest BCUT2D eigenvalue weighted by Gasteiger charge is -2.34. The van der Waals surface area contributed by atoms with Crippen LogP contribution in [-0.4, -0.2) is 32.1 Å². The van der Waals surface area contributed by atoms with Gasteiger partial charge in [-0.15, -0.1) is 0 Å². The molecule has 31 heavy (non-hydrogen) atoms. The Morgan fingerprint density at radius 3 is 2.26 bits per heavy atom. The maximum atomic E-state index is 12.6. The summed E-state index contributed by atoms with van der Waals surface area (Å²) in [5.74, 6) is 1.96. The van der Waals surface area contributed by atoms with Crippen molar-refractivity contribution < 1.29 is 19.1 Å². The van der Waals surface area contributed by atoms with Crippen molar-refractivity contribution in [3.05, 3.63) is 59.2 Å². The Morgan fingerprint density at radius 2 is 1.58 bits per heavy atom. The van der Waals surface area contributed by atoms with E-state index in [1.807, 2.05) is 24.3 Å². The first kappa shape index (κ1) is 22.7. The van der Waals surface area contributed by atoms with E-state index in [1.54, 1.807) is 25.3 Å². The van der Waals surface area contributed by atoms with Gasteiger partial charge in [0.05, 0.1) is 14.2 Å². The van der Waals surface area contributed by atoms with Crippen molar-refractivity contribution in [1.29, 1.82) is 0 Å². The molecular weight excluding hydrogens is 392 g/mol. The summed E-state index contributed by atoms with van der Waals surface area (Å²) in [5, 5.41) is 6.09. The Kier molecular flexibility index (Phi) is 7.55. The number of ether oxygens (including phenoxy) is 2. The van der Waals surface area contributed by atoms with E-state index in [4.69, 9.17) is 9.47 Å². The summed E-state index contributed by atoms with van der Waals surface area (Å²) in [6.45, 7) is 4.85. The van der Waals surface area contributed by atoms with Crippen LogP contribution in [0.4, 0.5) is 0 Å². The molecule has 0 bridgehead atoms. The molecule has 2 aromatic rings. The summed E-state index contributed by atoms with van der Waals surface area (Å²) in [5.41, 5.74) is 2.05. The van der Waals surface area contributed by atoms with Gasteiger partial charge >= 0.3 is 0 Å². The van der Waals surface area contributed by atoms with Gasteiger partial charge in [0, 0.05) is 23.7 Å². The number of amides is 2. The van der Waals surface area contributed by atoms with E-state index in [0.29, 0.717) is 41.0 Å². The highest BCUT2D eigenvalue weighted by atomic mass is 16.5. The largest absolute Gasteiger partial charge is 0.493 e. The van der Waals surface area contributed by atoms with Gasteiger partial charge in [-0.25, -0.2) is 0 Å². The molecule has 1 saturated carbocycles. The third-order valence-electron chi connectivity index (χ3n) is 6.34. The van der Waals surface area contributed by atoms with E-state index in [2.05, 4.69) is 24.5 Å². The number of carbonyl (C=O) groups excluding carboxylic acids is 2. The van der Waals surface area contributed by atoms with Crippen LogP contribution in [0.1, 0.15) is 59.4 Å². The highest BCUT2D eigenvalue weighted by Crippen LogP contribution is 2.30. The maximum Gasteiger partial charge on any atom is 0.251 e. The molecule has 2 amide bonds. The Bertz CT molecular complexity index is 910. The SMILES string of the molecule is COc1ccc(C(=O)NCc2ccc(C(=O)NC3CCCC(C)C3C)cc2)cc1OC. The van der Waals surface area contributed by atoms with Gasteiger partial charge in [0.15, 0.2) is 11.5 Å². The standard InChI is InChI=1S/C25H32N2O4/c1-16-6-5-7-21(17(16)2)27-25(29)19-10-8-18(9-11-19)15-26-24(28)20-12-13-22(30-3)23(14-20)31-4/h8-14,16-17,21H,5-7,15H2,1-4H3,(H,26,28)(H,27,29). The fraction of sp³-hybridized carbons (Fsp3) is 0.440. The maximum absolute atomic E-state index is 12.6. The minimum Gasteiger partial charge on any atom is -0.493 e. The second-order valence-corrected chi connectivity index (χ2v) is 8.30. The van der Waals surface area contributed by atoms with Crippen molar-refractivity contribution in [2.75, 3.05) is 14.2 Å². The minimum absolute atomic E-state index is 0.0353. The number of rotatable bonds is 7. The minimum atomic E-state index is -0.205. The molecule has 3 rings (SSSR count). The lowest BCUT2D eigenvalue weighted by molar-refractivity contribution is 0.0889. The monoisotopic (exact) mass is 424 g/mol. The molecule has 3 atom stereocenters. The Labute approximate surface area is 184 Å². The average Bonchev–Trinajstić information content (AvgIpc) is 2.80. The van der Waals surface area contributed by atoms with Gasteiger partial charge in [-0.3, -0.25) is 9.59 Å². The van der Waals surface area contributed by atoms with Crippen LogP contribution in [0.5, 0.6) is 11.5 Å². The fourth-order valence-electron chi connectivity index (χ4n) is 4.07. The first-order chi connectivity index (χ1) is 14.9. The number of benzene rings is 2. The second-order valence-electron chi connectivity index (χ2n) is 8.30. The first-order valence-corrected chi connectivity index (χ1v) is 10.8. The molecule has 2 N–H and O–H groups in total. The molecular formula is C25H32N2O4. The van der Waals surface area contributed by atoms with Gasteiger partial charge in [0.1, 0.15) is 0 Å². The van der Waals surface area contributed by atoms with Crippen LogP contribution in [0, 0.1) is 11.8 Å². The van der Waals surface area contributed by atoms with Crippen LogP contribution < -0.4 is 20.1 Å². The van der Waals surface area contributed by atoms with Gasteiger partial charge in [-0.05, 0) is 54.2 Å². The Morgan fingerprint density at radius 1 is 0.903 bits per heavy atom. The predicted molar refractivity (Wildman–Crippen MR) is 121 cm³/mol. The molecule has 6 heteroatoms. The number of hydrogen-bond donors (Lipinski definition) is 2. The smallest absolute Gasteiger partial charge is 0.251 e. The third-order valence-corrected chi connectivity index (χ3v) is 6.34. The van der Waals surface area contributed by atoms with Crippen molar-refractivity contribution in [3.8, 4) is 11.5 Å². The molecule has 1 fully saturated rings. The molecule has 2 aromatic carbocycles. The number of hydrogen-bond acceptors (Lipinski definition) is 4. The molecule has 3 unspecified atom stereocenters. The van der Waals surface area contributed by atoms with Crippen molar-refractivity contribution in [2.24, 2.45) is 11.8 Å². The molecule has 0 saturated heterocycles. The van der Waals surface area contributed by atoms with Crippen LogP contribution in [0.3, 0.4) is 0 Å². The molecule has 1 aliphatic rings. The number of methoxy groups -OCH3 is 2. The van der Waals surface area contributed by atoms with Crippen molar-refractivity contribution in [1.82, 2.24) is 10.6 Å². The predicted octanol–water partition coefficient (Wildman–Crippen LogP) is 4.19. The van der Waals surface area contributed by atoms with Gasteiger partial charge in [-0.1, -0.05) is 38.8 Å². The highest BCUT2D eigenvalue weighted by molar-refractivity contribution is 5.95. The van der Waals surface area contributed by atoms with Gasteiger partial charge in [0.2, 0.25) is 0 Å². The fourth-order valence-corrected chi connectivity index (χ4v) is 4.07. The quantitative estimate of drug-likeness (QED) is 0.699. The first-order valence-electron chi connectivity index (χ1n) is 10.8. The van der Waals surface area contributed by atoms with Crippen molar-refractivity contribution in [3.63, 3.8) is 0 Å². The molecule has 166 valence electrons. The van der Waals surface area contributed by atoms with E-state index in [1.165, 1.54) is 13.5 Å². The van der Waals surface area contributed by atoms with Crippen LogP contribution in [0.2, 0.25) is 0 Å². The summed E-state index contributed by atoms with van der Waals surface area (Å²) in [7, 11) is 3.09. The summed E-state index contributed by atoms with van der Waals surface area (Å²) >= 11 is 0. The Balaban J connectivity index is 1.55. The van der Waals surface area contributed by atoms with E-state index < -0.39 is 0 Å². The summed E-state index contributed by atoms with van der Waals surface area (Å²) in [4.78, 5) is 25.1. The van der Waals surface area contributed by atoms with E-state index >= 15 is 0 Å². The Hall–Kier alpha value is -3.02. The average molecular weight is 425 g/mol. The van der Waals surface area contributed by atoms with Crippen LogP contribution in [0.25, 0.3) is 0 Å². The third kappa shape index (κ3) is 5.57. The molecule has 0 heterocycles. The van der Waals surface area contributed by atoms with Gasteiger partial charge < -0.3 is 20.1 Å². The highest BCUT2D eigenvalue weighted by Gasteiger charge is 2.28. The van der Waals surface area contributed by atoms with Crippen molar-refractivity contribution >= 4 is 11.8 Å². The van der Waals surface area contributed by atoms with Crippen LogP contribution in [-0.2, 0) is 6.54 Å². The molecule has 0 aliphatic heterocycles. The molecule has 6 nitrogen and oxygen atoms in total. The van der Waals surface area contributed by atoms with E-state index in [9.17, 15) is 9.59 Å². The van der Waals surface area contributed by atoms with Crippen LogP contribution >= 0.6 is 0 Å². The summed E-state index contributed by atoms with van der Waals surface area (Å²) in [6, 6.07) is 12.6. The van der Waals surface area contributed by atoms with Crippen molar-refractivity contribution in [2.45, 2.75) is 45.7 Å². The van der Waals surface area contributed by atoms with E-state index in [-0.39, 0.29) is 17.9 Å². The zero-order valence-corrected chi connectivity index (χ0v) is 18.7. The van der Waals surface area contributed by atoms with Gasteiger partial charge in [0.25, 0.3) is 11.8 Å². The molecule has 0 radical (unpaired) electrons.